The summed E-state index contributed by atoms with van der Waals surface area (Å²) in [5.41, 5.74) is 4.60. The number of benzene rings is 3. The molecule has 0 aliphatic heterocycles. The van der Waals surface area contributed by atoms with Crippen LogP contribution in [0.25, 0.3) is 21.9 Å². The number of anilines is 2. The zero-order valence-electron chi connectivity index (χ0n) is 21.6. The van der Waals surface area contributed by atoms with Crippen LogP contribution in [0.3, 0.4) is 0 Å². The molecule has 5 aromatic rings. The first-order chi connectivity index (χ1) is 18.1. The van der Waals surface area contributed by atoms with Gasteiger partial charge in [0.2, 0.25) is 0 Å². The molecule has 0 bridgehead atoms. The standard InChI is InChI=1S/C28H26N5O3S.Li/c1-4-34-18-37-12-11-35-21-6-8-23-24(14-21)29-16-30-28(23)32-20-5-10-27(19(2)13-20)36-22-7-9-26-25(15-22)31-17-33(26)3;/h5,7-10,12-17H,1,4,11,18H2,2-3H3,(H,29,30,32);/q-3;+1. The number of thioether (sulfide) groups is 1. The molecule has 0 aliphatic carbocycles. The average molecular weight is 520 g/mol. The predicted molar refractivity (Wildman–Crippen MR) is 147 cm³/mol. The van der Waals surface area contributed by atoms with E-state index in [1.54, 1.807) is 6.33 Å². The number of imidazole rings is 1. The number of ether oxygens (including phenoxy) is 3. The second-order valence-corrected chi connectivity index (χ2v) is 9.10. The van der Waals surface area contributed by atoms with Crippen LogP contribution in [0.15, 0.2) is 61.2 Å². The van der Waals surface area contributed by atoms with Crippen molar-refractivity contribution in [1.82, 2.24) is 19.5 Å². The molecule has 2 aromatic heterocycles. The van der Waals surface area contributed by atoms with Gasteiger partial charge in [0.1, 0.15) is 17.8 Å². The number of nitrogens with one attached hydrogen (secondary N) is 1. The van der Waals surface area contributed by atoms with Crippen LogP contribution in [-0.2, 0) is 11.8 Å². The number of aromatic nitrogens is 4. The Hall–Kier alpha value is -3.22. The average Bonchev–Trinajstić information content (AvgIpc) is 3.27. The van der Waals surface area contributed by atoms with Crippen molar-refractivity contribution in [2.75, 3.05) is 24.5 Å². The SMILES string of the molecule is [CH2-]COCS[CH-]COc1[c-]cc2c(Nc3ccc(Oc4ccc5c(c4)ncn5C)c(C)c3)ncnc2c1.[Li+]. The van der Waals surface area contributed by atoms with Gasteiger partial charge in [-0.05, 0) is 54.9 Å². The summed E-state index contributed by atoms with van der Waals surface area (Å²) in [6.07, 6.45) is 3.33. The molecule has 0 aliphatic rings. The van der Waals surface area contributed by atoms with E-state index in [1.165, 1.54) is 18.1 Å². The van der Waals surface area contributed by atoms with Crippen LogP contribution in [0.5, 0.6) is 17.2 Å². The first-order valence-electron chi connectivity index (χ1n) is 11.7. The second kappa shape index (κ2) is 13.0. The summed E-state index contributed by atoms with van der Waals surface area (Å²) in [7, 11) is 1.97. The summed E-state index contributed by atoms with van der Waals surface area (Å²) in [5.74, 6) is 5.32. The third-order valence-corrected chi connectivity index (χ3v) is 6.30. The molecule has 0 atom stereocenters. The number of fused-ring (bicyclic) bond motifs is 2. The zero-order valence-corrected chi connectivity index (χ0v) is 22.4. The quantitative estimate of drug-likeness (QED) is 0.123. The van der Waals surface area contributed by atoms with Gasteiger partial charge in [-0.15, -0.1) is 12.1 Å². The van der Waals surface area contributed by atoms with Gasteiger partial charge >= 0.3 is 18.9 Å². The van der Waals surface area contributed by atoms with Crippen molar-refractivity contribution < 1.29 is 33.1 Å². The van der Waals surface area contributed by atoms with Gasteiger partial charge in [-0.3, -0.25) is 4.98 Å². The minimum atomic E-state index is 0. The van der Waals surface area contributed by atoms with E-state index in [4.69, 9.17) is 14.2 Å². The molecule has 38 heavy (non-hydrogen) atoms. The van der Waals surface area contributed by atoms with Crippen molar-refractivity contribution >= 4 is 45.2 Å². The van der Waals surface area contributed by atoms with Gasteiger partial charge in [0, 0.05) is 24.6 Å². The van der Waals surface area contributed by atoms with Crippen molar-refractivity contribution in [1.29, 1.82) is 0 Å². The minimum Gasteiger partial charge on any atom is -0.550 e. The largest absolute Gasteiger partial charge is 1.00 e. The molecule has 10 heteroatoms. The minimum absolute atomic E-state index is 0. The van der Waals surface area contributed by atoms with E-state index >= 15 is 0 Å². The Morgan fingerprint density at radius 1 is 1.11 bits per heavy atom. The molecule has 0 spiro atoms. The molecule has 0 saturated carbocycles. The van der Waals surface area contributed by atoms with Crippen LogP contribution < -0.4 is 33.7 Å². The fourth-order valence-electron chi connectivity index (χ4n) is 3.77. The molecule has 1 N–H and O–H groups in total. The smallest absolute Gasteiger partial charge is 0.550 e. The number of rotatable bonds is 11. The number of aryl methyl sites for hydroxylation is 2. The van der Waals surface area contributed by atoms with Crippen molar-refractivity contribution in [2.24, 2.45) is 7.05 Å². The Morgan fingerprint density at radius 3 is 2.84 bits per heavy atom. The van der Waals surface area contributed by atoms with E-state index in [0.717, 1.165) is 44.7 Å². The molecule has 0 fully saturated rings. The van der Waals surface area contributed by atoms with Gasteiger partial charge < -0.3 is 42.8 Å². The van der Waals surface area contributed by atoms with Crippen LogP contribution in [0, 0.1) is 25.7 Å². The van der Waals surface area contributed by atoms with Gasteiger partial charge in [-0.25, -0.2) is 15.7 Å². The first-order valence-corrected chi connectivity index (χ1v) is 12.7. The number of hydrogen-bond acceptors (Lipinski definition) is 8. The number of hydrogen-bond donors (Lipinski definition) is 1. The number of nitrogens with zero attached hydrogens (tertiary/aromatic N) is 4. The van der Waals surface area contributed by atoms with Gasteiger partial charge in [0.25, 0.3) is 0 Å². The third kappa shape index (κ3) is 6.61. The monoisotopic (exact) mass is 519 g/mol. The van der Waals surface area contributed by atoms with Gasteiger partial charge in [0.15, 0.2) is 0 Å². The van der Waals surface area contributed by atoms with Crippen molar-refractivity contribution in [3.63, 3.8) is 0 Å². The molecule has 5 rings (SSSR count). The summed E-state index contributed by atoms with van der Waals surface area (Å²) in [6, 6.07) is 18.7. The summed E-state index contributed by atoms with van der Waals surface area (Å²) < 4.78 is 19.1. The summed E-state index contributed by atoms with van der Waals surface area (Å²) in [4.78, 5) is 13.2. The van der Waals surface area contributed by atoms with E-state index in [1.807, 2.05) is 72.8 Å². The summed E-state index contributed by atoms with van der Waals surface area (Å²) in [6.45, 7) is 6.54. The fourth-order valence-corrected chi connectivity index (χ4v) is 4.24. The van der Waals surface area contributed by atoms with Crippen molar-refractivity contribution in [3.8, 4) is 17.2 Å². The Kier molecular flexibility index (Phi) is 9.53. The molecule has 190 valence electrons. The Morgan fingerprint density at radius 2 is 2.00 bits per heavy atom. The molecule has 0 saturated heterocycles. The Bertz CT molecular complexity index is 1530. The molecular formula is C28H26LiN5O3S-2. The molecule has 0 unspecified atom stereocenters. The zero-order chi connectivity index (χ0) is 25.6. The molecule has 2 heterocycles. The van der Waals surface area contributed by atoms with Crippen molar-refractivity contribution in [3.05, 3.63) is 85.5 Å². The molecule has 8 nitrogen and oxygen atoms in total. The van der Waals surface area contributed by atoms with Crippen molar-refractivity contribution in [2.45, 2.75) is 6.92 Å². The second-order valence-electron chi connectivity index (χ2n) is 8.20. The molecular weight excluding hydrogens is 493 g/mol. The van der Waals surface area contributed by atoms with E-state index in [0.29, 0.717) is 30.7 Å². The van der Waals surface area contributed by atoms with E-state index < -0.39 is 0 Å². The molecule has 3 aromatic carbocycles. The van der Waals surface area contributed by atoms with Crippen LogP contribution in [0.4, 0.5) is 11.5 Å². The normalized spacial score (nSPS) is 10.9. The van der Waals surface area contributed by atoms with Gasteiger partial charge in [-0.1, -0.05) is 12.0 Å². The van der Waals surface area contributed by atoms with Crippen LogP contribution in [0.2, 0.25) is 0 Å². The fraction of sp³-hybridized carbons (Fsp3) is 0.179. The molecule has 0 radical (unpaired) electrons. The van der Waals surface area contributed by atoms with E-state index in [-0.39, 0.29) is 18.9 Å². The Balaban J connectivity index is 0.00000336. The van der Waals surface area contributed by atoms with E-state index in [2.05, 4.69) is 33.3 Å². The maximum absolute atomic E-state index is 6.14. The van der Waals surface area contributed by atoms with Crippen LogP contribution in [-0.4, -0.2) is 38.7 Å². The third-order valence-electron chi connectivity index (χ3n) is 5.62. The maximum Gasteiger partial charge on any atom is 1.00 e. The van der Waals surface area contributed by atoms with Crippen LogP contribution in [0.1, 0.15) is 5.56 Å². The predicted octanol–water partition coefficient (Wildman–Crippen LogP) is 3.25. The summed E-state index contributed by atoms with van der Waals surface area (Å²) in [5, 5.41) is 4.23. The maximum atomic E-state index is 6.14. The topological polar surface area (TPSA) is 83.3 Å². The van der Waals surface area contributed by atoms with E-state index in [9.17, 15) is 0 Å². The van der Waals surface area contributed by atoms with Gasteiger partial charge in [0.05, 0.1) is 29.1 Å². The van der Waals surface area contributed by atoms with Gasteiger partial charge in [-0.2, -0.15) is 6.07 Å². The first kappa shape index (κ1) is 27.8. The molecule has 0 amide bonds. The summed E-state index contributed by atoms with van der Waals surface area (Å²) >= 11 is 1.53. The van der Waals surface area contributed by atoms with Crippen LogP contribution >= 0.6 is 11.8 Å². The Labute approximate surface area is 238 Å².